The lowest BCUT2D eigenvalue weighted by Crippen LogP contribution is -2.34. The zero-order valence-corrected chi connectivity index (χ0v) is 15.7. The summed E-state index contributed by atoms with van der Waals surface area (Å²) in [6.07, 6.45) is 0. The van der Waals surface area contributed by atoms with Gasteiger partial charge in [-0.25, -0.2) is 9.37 Å². The lowest BCUT2D eigenvalue weighted by molar-refractivity contribution is -0.120. The highest BCUT2D eigenvalue weighted by Gasteiger charge is 2.20. The molecule has 0 N–H and O–H groups in total. The molecule has 0 unspecified atom stereocenters. The van der Waals surface area contributed by atoms with Gasteiger partial charge in [0, 0.05) is 0 Å². The Morgan fingerprint density at radius 1 is 0.964 bits per heavy atom. The van der Waals surface area contributed by atoms with Crippen LogP contribution in [0.5, 0.6) is 5.75 Å². The first-order valence-electron chi connectivity index (χ1n) is 8.77. The Morgan fingerprint density at radius 3 is 2.43 bits per heavy atom. The van der Waals surface area contributed by atoms with Crippen molar-refractivity contribution >= 4 is 32.6 Å². The van der Waals surface area contributed by atoms with Crippen molar-refractivity contribution in [1.29, 1.82) is 0 Å². The maximum Gasteiger partial charge on any atom is 0.267 e. The van der Waals surface area contributed by atoms with E-state index in [1.54, 1.807) is 4.90 Å². The van der Waals surface area contributed by atoms with Crippen LogP contribution in [0.3, 0.4) is 0 Å². The van der Waals surface area contributed by atoms with E-state index in [2.05, 4.69) is 4.98 Å². The Hall–Kier alpha value is -3.25. The van der Waals surface area contributed by atoms with E-state index >= 15 is 0 Å². The molecule has 28 heavy (non-hydrogen) atoms. The maximum atomic E-state index is 13.0. The van der Waals surface area contributed by atoms with Gasteiger partial charge in [0.15, 0.2) is 11.7 Å². The Kier molecular flexibility index (Phi) is 5.30. The number of carbonyl (C=O) groups is 1. The second-order valence-electron chi connectivity index (χ2n) is 6.17. The minimum absolute atomic E-state index is 0.158. The van der Waals surface area contributed by atoms with Gasteiger partial charge in [-0.2, -0.15) is 0 Å². The second kappa shape index (κ2) is 8.19. The molecule has 0 aliphatic heterocycles. The predicted octanol–water partition coefficient (Wildman–Crippen LogP) is 5.05. The molecule has 0 saturated heterocycles. The Bertz CT molecular complexity index is 1050. The zero-order valence-electron chi connectivity index (χ0n) is 14.9. The summed E-state index contributed by atoms with van der Waals surface area (Å²) < 4.78 is 19.6. The Labute approximate surface area is 165 Å². The summed E-state index contributed by atoms with van der Waals surface area (Å²) in [5.74, 6) is -0.121. The zero-order chi connectivity index (χ0) is 19.3. The van der Waals surface area contributed by atoms with E-state index in [1.807, 2.05) is 54.6 Å². The van der Waals surface area contributed by atoms with Crippen molar-refractivity contribution in [1.82, 2.24) is 4.98 Å². The van der Waals surface area contributed by atoms with E-state index in [9.17, 15) is 9.18 Å². The molecule has 1 heterocycles. The minimum atomic E-state index is -0.348. The fourth-order valence-corrected chi connectivity index (χ4v) is 3.74. The van der Waals surface area contributed by atoms with Crippen molar-refractivity contribution in [2.45, 2.75) is 6.54 Å². The van der Waals surface area contributed by atoms with Gasteiger partial charge in [0.1, 0.15) is 11.6 Å². The number of rotatable bonds is 6. The van der Waals surface area contributed by atoms with Crippen molar-refractivity contribution in [3.05, 3.63) is 90.2 Å². The van der Waals surface area contributed by atoms with Crippen LogP contribution < -0.4 is 9.64 Å². The molecular weight excluding hydrogens is 375 g/mol. The number of benzene rings is 3. The maximum absolute atomic E-state index is 13.0. The lowest BCUT2D eigenvalue weighted by atomic mass is 10.2. The summed E-state index contributed by atoms with van der Waals surface area (Å²) in [7, 11) is 0. The van der Waals surface area contributed by atoms with Crippen molar-refractivity contribution in [3.63, 3.8) is 0 Å². The first-order valence-corrected chi connectivity index (χ1v) is 9.59. The molecule has 4 rings (SSSR count). The third-order valence-electron chi connectivity index (χ3n) is 4.17. The van der Waals surface area contributed by atoms with Gasteiger partial charge in [-0.1, -0.05) is 53.8 Å². The standard InChI is InChI=1S/C22H17FN2O2S/c23-17-10-12-18(13-11-17)27-15-21(26)25(14-16-6-2-1-3-7-16)22-24-19-8-4-5-9-20(19)28-22/h1-13H,14-15H2. The molecule has 0 bridgehead atoms. The topological polar surface area (TPSA) is 42.4 Å². The normalized spacial score (nSPS) is 10.8. The highest BCUT2D eigenvalue weighted by Crippen LogP contribution is 2.29. The molecule has 1 amide bonds. The van der Waals surface area contributed by atoms with Gasteiger partial charge in [-0.05, 0) is 42.0 Å². The highest BCUT2D eigenvalue weighted by atomic mass is 32.1. The molecule has 0 saturated carbocycles. The number of amides is 1. The summed E-state index contributed by atoms with van der Waals surface area (Å²) in [5, 5.41) is 0.623. The molecule has 1 aromatic heterocycles. The summed E-state index contributed by atoms with van der Waals surface area (Å²) in [5.41, 5.74) is 1.85. The van der Waals surface area contributed by atoms with Crippen LogP contribution in [0.4, 0.5) is 9.52 Å². The quantitative estimate of drug-likeness (QED) is 0.461. The van der Waals surface area contributed by atoms with E-state index in [1.165, 1.54) is 35.6 Å². The van der Waals surface area contributed by atoms with E-state index in [0.717, 1.165) is 15.8 Å². The fourth-order valence-electron chi connectivity index (χ4n) is 2.76. The summed E-state index contributed by atoms with van der Waals surface area (Å²) in [6, 6.07) is 23.1. The Morgan fingerprint density at radius 2 is 1.68 bits per heavy atom. The van der Waals surface area contributed by atoms with Crippen LogP contribution in [0.2, 0.25) is 0 Å². The number of nitrogens with zero attached hydrogens (tertiary/aromatic N) is 2. The number of anilines is 1. The highest BCUT2D eigenvalue weighted by molar-refractivity contribution is 7.22. The molecule has 140 valence electrons. The van der Waals surface area contributed by atoms with E-state index in [0.29, 0.717) is 17.4 Å². The molecule has 4 nitrogen and oxygen atoms in total. The van der Waals surface area contributed by atoms with Gasteiger partial charge < -0.3 is 4.74 Å². The number of ether oxygens (including phenoxy) is 1. The number of halogens is 1. The number of carbonyl (C=O) groups excluding carboxylic acids is 1. The third-order valence-corrected chi connectivity index (χ3v) is 5.23. The van der Waals surface area contributed by atoms with Crippen LogP contribution in [-0.4, -0.2) is 17.5 Å². The van der Waals surface area contributed by atoms with Crippen LogP contribution >= 0.6 is 11.3 Å². The number of hydrogen-bond donors (Lipinski definition) is 0. The van der Waals surface area contributed by atoms with Gasteiger partial charge in [0.05, 0.1) is 16.8 Å². The molecule has 0 spiro atoms. The average molecular weight is 392 g/mol. The lowest BCUT2D eigenvalue weighted by Gasteiger charge is -2.20. The van der Waals surface area contributed by atoms with E-state index in [-0.39, 0.29) is 18.3 Å². The molecule has 0 aliphatic rings. The number of fused-ring (bicyclic) bond motifs is 1. The van der Waals surface area contributed by atoms with Crippen LogP contribution in [-0.2, 0) is 11.3 Å². The van der Waals surface area contributed by atoms with Crippen LogP contribution in [0.1, 0.15) is 5.56 Å². The van der Waals surface area contributed by atoms with Crippen molar-refractivity contribution in [3.8, 4) is 5.75 Å². The van der Waals surface area contributed by atoms with Crippen LogP contribution in [0, 0.1) is 5.82 Å². The van der Waals surface area contributed by atoms with Crippen molar-refractivity contribution in [2.75, 3.05) is 11.5 Å². The van der Waals surface area contributed by atoms with Crippen molar-refractivity contribution < 1.29 is 13.9 Å². The van der Waals surface area contributed by atoms with Gasteiger partial charge in [-0.3, -0.25) is 9.69 Å². The van der Waals surface area contributed by atoms with E-state index in [4.69, 9.17) is 4.74 Å². The first-order chi connectivity index (χ1) is 13.7. The van der Waals surface area contributed by atoms with Gasteiger partial charge in [0.25, 0.3) is 5.91 Å². The third kappa shape index (κ3) is 4.18. The molecule has 0 radical (unpaired) electrons. The minimum Gasteiger partial charge on any atom is -0.484 e. The van der Waals surface area contributed by atoms with Crippen LogP contribution in [0.15, 0.2) is 78.9 Å². The first kappa shape index (κ1) is 18.1. The predicted molar refractivity (Wildman–Crippen MR) is 109 cm³/mol. The van der Waals surface area contributed by atoms with E-state index < -0.39 is 0 Å². The van der Waals surface area contributed by atoms with Gasteiger partial charge in [-0.15, -0.1) is 0 Å². The van der Waals surface area contributed by atoms with Gasteiger partial charge in [0.2, 0.25) is 0 Å². The average Bonchev–Trinajstić information content (AvgIpc) is 3.16. The number of thiazole rings is 1. The molecule has 0 atom stereocenters. The molecule has 0 fully saturated rings. The molecule has 6 heteroatoms. The summed E-state index contributed by atoms with van der Waals surface area (Å²) in [4.78, 5) is 19.2. The molecule has 4 aromatic rings. The summed E-state index contributed by atoms with van der Waals surface area (Å²) >= 11 is 1.47. The molecule has 0 aliphatic carbocycles. The van der Waals surface area contributed by atoms with Crippen LogP contribution in [0.25, 0.3) is 10.2 Å². The van der Waals surface area contributed by atoms with Crippen molar-refractivity contribution in [2.24, 2.45) is 0 Å². The molecular formula is C22H17FN2O2S. The SMILES string of the molecule is O=C(COc1ccc(F)cc1)N(Cc1ccccc1)c1nc2ccccc2s1. The molecule has 3 aromatic carbocycles. The number of hydrogen-bond acceptors (Lipinski definition) is 4. The summed E-state index contributed by atoms with van der Waals surface area (Å²) in [6.45, 7) is 0.237. The van der Waals surface area contributed by atoms with Gasteiger partial charge >= 0.3 is 0 Å². The second-order valence-corrected chi connectivity index (χ2v) is 7.18. The Balaban J connectivity index is 1.58. The smallest absolute Gasteiger partial charge is 0.267 e. The largest absolute Gasteiger partial charge is 0.484 e. The number of para-hydroxylation sites is 1. The monoisotopic (exact) mass is 392 g/mol. The fraction of sp³-hybridized carbons (Fsp3) is 0.0909. The number of aromatic nitrogens is 1.